The topological polar surface area (TPSA) is 59.4 Å². The SMILES string of the molecule is O=C(O)C(CCc1ccc(-c2ccc(Cl)cc2)cc1)COc1ccccc1-c1nc2ccccc2s1. The van der Waals surface area contributed by atoms with Crippen molar-refractivity contribution in [3.63, 3.8) is 0 Å². The van der Waals surface area contributed by atoms with Crippen molar-refractivity contribution in [1.29, 1.82) is 0 Å². The highest BCUT2D eigenvalue weighted by Crippen LogP contribution is 2.36. The standard InChI is InChI=1S/C30H24ClNO3S/c31-24-17-15-22(16-18-24)21-12-9-20(10-13-21)11-14-23(30(33)34)19-35-27-7-3-1-5-25(27)29-32-26-6-2-4-8-28(26)36-29/h1-10,12-13,15-18,23H,11,14,19H2,(H,33,34). The highest BCUT2D eigenvalue weighted by Gasteiger charge is 2.20. The Hall–Kier alpha value is -3.67. The number of thiazole rings is 1. The molecule has 1 N–H and O–H groups in total. The van der Waals surface area contributed by atoms with Gasteiger partial charge in [-0.1, -0.05) is 72.3 Å². The third-order valence-corrected chi connectivity index (χ3v) is 7.44. The first kappa shape index (κ1) is 24.0. The van der Waals surface area contributed by atoms with E-state index in [9.17, 15) is 9.90 Å². The average Bonchev–Trinajstić information content (AvgIpc) is 3.34. The van der Waals surface area contributed by atoms with Crippen LogP contribution in [0.1, 0.15) is 12.0 Å². The number of para-hydroxylation sites is 2. The van der Waals surface area contributed by atoms with Gasteiger partial charge in [0.1, 0.15) is 17.4 Å². The van der Waals surface area contributed by atoms with Crippen LogP contribution in [0.25, 0.3) is 31.9 Å². The summed E-state index contributed by atoms with van der Waals surface area (Å²) >= 11 is 7.58. The van der Waals surface area contributed by atoms with Crippen molar-refractivity contribution in [2.75, 3.05) is 6.61 Å². The van der Waals surface area contributed by atoms with Gasteiger partial charge < -0.3 is 9.84 Å². The molecule has 1 unspecified atom stereocenters. The number of rotatable bonds is 9. The smallest absolute Gasteiger partial charge is 0.309 e. The number of hydrogen-bond acceptors (Lipinski definition) is 4. The Morgan fingerprint density at radius 3 is 2.28 bits per heavy atom. The van der Waals surface area contributed by atoms with E-state index in [1.165, 1.54) is 0 Å². The van der Waals surface area contributed by atoms with Gasteiger partial charge in [0.15, 0.2) is 0 Å². The van der Waals surface area contributed by atoms with Crippen molar-refractivity contribution in [1.82, 2.24) is 4.98 Å². The zero-order valence-corrected chi connectivity index (χ0v) is 21.0. The molecule has 1 atom stereocenters. The third-order valence-electron chi connectivity index (χ3n) is 6.11. The molecule has 36 heavy (non-hydrogen) atoms. The normalized spacial score (nSPS) is 11.9. The Kier molecular flexibility index (Phi) is 7.31. The average molecular weight is 514 g/mol. The highest BCUT2D eigenvalue weighted by atomic mass is 35.5. The van der Waals surface area contributed by atoms with E-state index < -0.39 is 11.9 Å². The molecule has 0 spiro atoms. The van der Waals surface area contributed by atoms with Crippen molar-refractivity contribution >= 4 is 39.1 Å². The summed E-state index contributed by atoms with van der Waals surface area (Å²) in [6.07, 6.45) is 1.14. The second-order valence-corrected chi connectivity index (χ2v) is 10.0. The first-order valence-electron chi connectivity index (χ1n) is 11.7. The predicted molar refractivity (Wildman–Crippen MR) is 147 cm³/mol. The predicted octanol–water partition coefficient (Wildman–Crippen LogP) is 8.00. The fraction of sp³-hybridized carbons (Fsp3) is 0.133. The number of carboxylic acids is 1. The number of halogens is 1. The minimum absolute atomic E-state index is 0.0973. The van der Waals surface area contributed by atoms with Crippen LogP contribution in [0.5, 0.6) is 5.75 Å². The molecule has 0 amide bonds. The summed E-state index contributed by atoms with van der Waals surface area (Å²) in [5, 5.41) is 11.4. The number of hydrogen-bond donors (Lipinski definition) is 1. The number of carboxylic acid groups (broad SMARTS) is 1. The quantitative estimate of drug-likeness (QED) is 0.217. The Morgan fingerprint density at radius 2 is 1.56 bits per heavy atom. The lowest BCUT2D eigenvalue weighted by Crippen LogP contribution is -2.22. The van der Waals surface area contributed by atoms with Crippen LogP contribution in [0.4, 0.5) is 0 Å². The van der Waals surface area contributed by atoms with E-state index in [4.69, 9.17) is 21.3 Å². The Labute approximate surface area is 218 Å². The summed E-state index contributed by atoms with van der Waals surface area (Å²) in [5.41, 5.74) is 5.10. The largest absolute Gasteiger partial charge is 0.492 e. The number of nitrogens with zero attached hydrogens (tertiary/aromatic N) is 1. The molecule has 4 aromatic carbocycles. The van der Waals surface area contributed by atoms with Crippen LogP contribution < -0.4 is 4.74 Å². The maximum atomic E-state index is 12.0. The van der Waals surface area contributed by atoms with Gasteiger partial charge in [0.2, 0.25) is 0 Å². The number of fused-ring (bicyclic) bond motifs is 1. The molecule has 180 valence electrons. The number of aromatic nitrogens is 1. The van der Waals surface area contributed by atoms with Crippen LogP contribution >= 0.6 is 22.9 Å². The van der Waals surface area contributed by atoms with Crippen molar-refractivity contribution < 1.29 is 14.6 Å². The molecule has 6 heteroatoms. The van der Waals surface area contributed by atoms with Crippen molar-refractivity contribution in [3.05, 3.63) is 108 Å². The van der Waals surface area contributed by atoms with Gasteiger partial charge in [-0.3, -0.25) is 4.79 Å². The van der Waals surface area contributed by atoms with Gasteiger partial charge in [0.25, 0.3) is 0 Å². The van der Waals surface area contributed by atoms with E-state index in [0.29, 0.717) is 23.6 Å². The molecule has 1 aromatic heterocycles. The fourth-order valence-corrected chi connectivity index (χ4v) is 5.19. The van der Waals surface area contributed by atoms with Crippen LogP contribution in [0.2, 0.25) is 5.02 Å². The second-order valence-electron chi connectivity index (χ2n) is 8.57. The number of benzene rings is 4. The molecule has 4 nitrogen and oxygen atoms in total. The molecule has 0 saturated carbocycles. The van der Waals surface area contributed by atoms with Crippen molar-refractivity contribution in [3.8, 4) is 27.4 Å². The van der Waals surface area contributed by atoms with Gasteiger partial charge in [-0.05, 0) is 65.9 Å². The molecular formula is C30H24ClNO3S. The Morgan fingerprint density at radius 1 is 0.889 bits per heavy atom. The van der Waals surface area contributed by atoms with Gasteiger partial charge in [-0.15, -0.1) is 11.3 Å². The molecular weight excluding hydrogens is 490 g/mol. The molecule has 0 bridgehead atoms. The lowest BCUT2D eigenvalue weighted by Gasteiger charge is -2.15. The van der Waals surface area contributed by atoms with E-state index in [1.807, 2.05) is 84.9 Å². The second kappa shape index (κ2) is 10.9. The minimum atomic E-state index is -0.856. The first-order valence-corrected chi connectivity index (χ1v) is 12.9. The van der Waals surface area contributed by atoms with Crippen LogP contribution in [0.15, 0.2) is 97.1 Å². The summed E-state index contributed by atoms with van der Waals surface area (Å²) in [4.78, 5) is 16.7. The van der Waals surface area contributed by atoms with Gasteiger partial charge in [-0.2, -0.15) is 0 Å². The number of ether oxygens (including phenoxy) is 1. The van der Waals surface area contributed by atoms with Crippen LogP contribution in [-0.4, -0.2) is 22.7 Å². The fourth-order valence-electron chi connectivity index (χ4n) is 4.07. The zero-order valence-electron chi connectivity index (χ0n) is 19.4. The molecule has 0 aliphatic heterocycles. The molecule has 0 radical (unpaired) electrons. The molecule has 0 fully saturated rings. The number of carbonyl (C=O) groups is 1. The van der Waals surface area contributed by atoms with Crippen LogP contribution in [0.3, 0.4) is 0 Å². The number of aryl methyl sites for hydroxylation is 1. The molecule has 0 aliphatic rings. The third kappa shape index (κ3) is 5.59. The molecule has 5 rings (SSSR count). The van der Waals surface area contributed by atoms with Crippen LogP contribution in [-0.2, 0) is 11.2 Å². The van der Waals surface area contributed by atoms with Gasteiger partial charge in [0, 0.05) is 5.02 Å². The summed E-state index contributed by atoms with van der Waals surface area (Å²) in [6, 6.07) is 31.6. The van der Waals surface area contributed by atoms with Crippen LogP contribution in [0, 0.1) is 5.92 Å². The maximum Gasteiger partial charge on any atom is 0.309 e. The summed E-state index contributed by atoms with van der Waals surface area (Å²) < 4.78 is 7.17. The molecule has 1 heterocycles. The lowest BCUT2D eigenvalue weighted by atomic mass is 9.98. The van der Waals surface area contributed by atoms with E-state index in [2.05, 4.69) is 12.1 Å². The molecule has 5 aromatic rings. The first-order chi connectivity index (χ1) is 17.6. The van der Waals surface area contributed by atoms with Gasteiger partial charge in [0.05, 0.1) is 21.7 Å². The molecule has 0 saturated heterocycles. The highest BCUT2D eigenvalue weighted by molar-refractivity contribution is 7.21. The summed E-state index contributed by atoms with van der Waals surface area (Å²) in [5.74, 6) is -0.829. The van der Waals surface area contributed by atoms with Crippen molar-refractivity contribution in [2.45, 2.75) is 12.8 Å². The zero-order chi connectivity index (χ0) is 24.9. The molecule has 0 aliphatic carbocycles. The summed E-state index contributed by atoms with van der Waals surface area (Å²) in [6.45, 7) is 0.0973. The Bertz CT molecular complexity index is 1450. The minimum Gasteiger partial charge on any atom is -0.492 e. The van der Waals surface area contributed by atoms with Gasteiger partial charge >= 0.3 is 5.97 Å². The maximum absolute atomic E-state index is 12.0. The monoisotopic (exact) mass is 513 g/mol. The summed E-state index contributed by atoms with van der Waals surface area (Å²) in [7, 11) is 0. The Balaban J connectivity index is 1.24. The van der Waals surface area contributed by atoms with E-state index in [0.717, 1.165) is 37.5 Å². The van der Waals surface area contributed by atoms with Gasteiger partial charge in [-0.25, -0.2) is 4.98 Å². The number of aliphatic carboxylic acids is 1. The van der Waals surface area contributed by atoms with E-state index in [1.54, 1.807) is 11.3 Å². The van der Waals surface area contributed by atoms with E-state index in [-0.39, 0.29) is 6.61 Å². The van der Waals surface area contributed by atoms with Crippen molar-refractivity contribution in [2.24, 2.45) is 5.92 Å². The van der Waals surface area contributed by atoms with E-state index >= 15 is 0 Å². The lowest BCUT2D eigenvalue weighted by molar-refractivity contribution is -0.143.